The fourth-order valence-corrected chi connectivity index (χ4v) is 5.38. The van der Waals surface area contributed by atoms with Gasteiger partial charge in [0.2, 0.25) is 0 Å². The molecule has 0 saturated heterocycles. The highest BCUT2D eigenvalue weighted by molar-refractivity contribution is 5.88. The molecule has 0 radical (unpaired) electrons. The van der Waals surface area contributed by atoms with Crippen molar-refractivity contribution in [1.82, 2.24) is 0 Å². The number of aliphatic hydroxyl groups is 2. The smallest absolute Gasteiger partial charge is 0.333 e. The minimum absolute atomic E-state index is 0.0470. The van der Waals surface area contributed by atoms with Gasteiger partial charge in [0.05, 0.1) is 5.41 Å². The number of esters is 2. The van der Waals surface area contributed by atoms with Crippen LogP contribution in [0.4, 0.5) is 0 Å². The molecule has 0 heterocycles. The van der Waals surface area contributed by atoms with Gasteiger partial charge in [-0.2, -0.15) is 0 Å². The van der Waals surface area contributed by atoms with Crippen LogP contribution in [-0.2, 0) is 19.1 Å². The van der Waals surface area contributed by atoms with Crippen LogP contribution in [-0.4, -0.2) is 40.1 Å². The zero-order valence-electron chi connectivity index (χ0n) is 14.8. The summed E-state index contributed by atoms with van der Waals surface area (Å²) in [7, 11) is 0. The first-order chi connectivity index (χ1) is 11.7. The Morgan fingerprint density at radius 2 is 1.72 bits per heavy atom. The van der Waals surface area contributed by atoms with E-state index in [2.05, 4.69) is 13.2 Å². The predicted molar refractivity (Wildman–Crippen MR) is 89.1 cm³/mol. The Kier molecular flexibility index (Phi) is 4.32. The lowest BCUT2D eigenvalue weighted by Gasteiger charge is -2.50. The van der Waals surface area contributed by atoms with Gasteiger partial charge in [-0.05, 0) is 51.9 Å². The third-order valence-corrected chi connectivity index (χ3v) is 6.41. The molecule has 6 nitrogen and oxygen atoms in total. The Balaban J connectivity index is 2.05. The lowest BCUT2D eigenvalue weighted by molar-refractivity contribution is -0.255. The van der Waals surface area contributed by atoms with Gasteiger partial charge in [0.25, 0.3) is 0 Å². The molecule has 3 saturated carbocycles. The molecule has 3 fully saturated rings. The zero-order chi connectivity index (χ0) is 18.6. The summed E-state index contributed by atoms with van der Waals surface area (Å²) >= 11 is 0. The molecule has 0 aromatic heterocycles. The van der Waals surface area contributed by atoms with Crippen LogP contribution in [0.2, 0.25) is 0 Å². The summed E-state index contributed by atoms with van der Waals surface area (Å²) in [5.41, 5.74) is -1.74. The summed E-state index contributed by atoms with van der Waals surface area (Å²) in [4.78, 5) is 24.5. The van der Waals surface area contributed by atoms with E-state index in [0.29, 0.717) is 19.3 Å². The Labute approximate surface area is 147 Å². The molecule has 0 amide bonds. The summed E-state index contributed by atoms with van der Waals surface area (Å²) in [5, 5.41) is 20.5. The minimum Gasteiger partial charge on any atom is -0.455 e. The van der Waals surface area contributed by atoms with E-state index in [9.17, 15) is 19.8 Å². The van der Waals surface area contributed by atoms with Gasteiger partial charge in [-0.25, -0.2) is 9.59 Å². The third-order valence-electron chi connectivity index (χ3n) is 6.41. The molecule has 0 aromatic carbocycles. The standard InChI is InChI=1S/C19H26O6/c1-10(2)15(20)24-14-6-5-13-12-7-8-18(9-12,17(22)23)19(13,14)25-16(21)11(3)4/h12-14,17,22-23H,1,3,5-9H2,2,4H3. The van der Waals surface area contributed by atoms with E-state index in [1.807, 2.05) is 0 Å². The highest BCUT2D eigenvalue weighted by atomic mass is 16.6. The molecule has 3 aliphatic rings. The second-order valence-electron chi connectivity index (χ2n) is 7.85. The molecule has 5 unspecified atom stereocenters. The van der Waals surface area contributed by atoms with Crippen molar-refractivity contribution in [3.8, 4) is 0 Å². The number of aliphatic hydroxyl groups excluding tert-OH is 1. The number of carbonyl (C=O) groups is 2. The summed E-state index contributed by atoms with van der Waals surface area (Å²) in [6, 6.07) is 0. The van der Waals surface area contributed by atoms with Crippen molar-refractivity contribution in [2.24, 2.45) is 17.3 Å². The fourth-order valence-electron chi connectivity index (χ4n) is 5.38. The molecular formula is C19H26O6. The highest BCUT2D eigenvalue weighted by Gasteiger charge is 2.77. The van der Waals surface area contributed by atoms with Crippen LogP contribution in [0, 0.1) is 17.3 Å². The van der Waals surface area contributed by atoms with Crippen LogP contribution in [0.5, 0.6) is 0 Å². The van der Waals surface area contributed by atoms with Crippen molar-refractivity contribution in [2.75, 3.05) is 0 Å². The second kappa shape index (κ2) is 5.95. The van der Waals surface area contributed by atoms with Crippen LogP contribution in [0.1, 0.15) is 46.0 Å². The summed E-state index contributed by atoms with van der Waals surface area (Å²) in [5.74, 6) is -0.958. The van der Waals surface area contributed by atoms with Gasteiger partial charge in [-0.15, -0.1) is 0 Å². The van der Waals surface area contributed by atoms with Crippen LogP contribution < -0.4 is 0 Å². The van der Waals surface area contributed by atoms with E-state index in [0.717, 1.165) is 12.8 Å². The highest BCUT2D eigenvalue weighted by Crippen LogP contribution is 2.70. The van der Waals surface area contributed by atoms with Gasteiger partial charge in [0.15, 0.2) is 11.9 Å². The van der Waals surface area contributed by atoms with E-state index < -0.39 is 35.3 Å². The van der Waals surface area contributed by atoms with Gasteiger partial charge in [0, 0.05) is 17.1 Å². The van der Waals surface area contributed by atoms with Crippen molar-refractivity contribution in [3.05, 3.63) is 24.3 Å². The lowest BCUT2D eigenvalue weighted by Crippen LogP contribution is -2.62. The zero-order valence-corrected chi connectivity index (χ0v) is 14.8. The Bertz CT molecular complexity index is 638. The maximum Gasteiger partial charge on any atom is 0.333 e. The first-order valence-corrected chi connectivity index (χ1v) is 8.77. The Morgan fingerprint density at radius 3 is 2.28 bits per heavy atom. The van der Waals surface area contributed by atoms with Gasteiger partial charge < -0.3 is 19.7 Å². The number of hydrogen-bond acceptors (Lipinski definition) is 6. The maximum atomic E-state index is 12.4. The van der Waals surface area contributed by atoms with Crippen molar-refractivity contribution in [3.63, 3.8) is 0 Å². The van der Waals surface area contributed by atoms with Gasteiger partial charge >= 0.3 is 11.9 Å². The monoisotopic (exact) mass is 350 g/mol. The van der Waals surface area contributed by atoms with Gasteiger partial charge in [-0.1, -0.05) is 13.2 Å². The topological polar surface area (TPSA) is 93.1 Å². The third kappa shape index (κ3) is 2.38. The first-order valence-electron chi connectivity index (χ1n) is 8.77. The van der Waals surface area contributed by atoms with E-state index >= 15 is 0 Å². The van der Waals surface area contributed by atoms with Crippen molar-refractivity contribution in [2.45, 2.75) is 63.9 Å². The molecule has 3 aliphatic carbocycles. The number of carbonyl (C=O) groups excluding carboxylic acids is 2. The van der Waals surface area contributed by atoms with E-state index in [-0.39, 0.29) is 23.0 Å². The molecule has 0 aliphatic heterocycles. The van der Waals surface area contributed by atoms with Crippen LogP contribution in [0.3, 0.4) is 0 Å². The normalized spacial score (nSPS) is 38.5. The molecule has 2 bridgehead atoms. The van der Waals surface area contributed by atoms with Crippen molar-refractivity contribution >= 4 is 11.9 Å². The minimum atomic E-state index is -1.65. The van der Waals surface area contributed by atoms with Crippen LogP contribution in [0.15, 0.2) is 24.3 Å². The lowest BCUT2D eigenvalue weighted by atomic mass is 9.66. The number of ether oxygens (including phenoxy) is 2. The molecular weight excluding hydrogens is 324 g/mol. The summed E-state index contributed by atoms with van der Waals surface area (Å²) < 4.78 is 11.5. The van der Waals surface area contributed by atoms with E-state index in [1.54, 1.807) is 13.8 Å². The SMILES string of the molecule is C=C(C)C(=O)OC1CCC2C3CCC(C(O)O)(C3)C12OC(=O)C(=C)C. The predicted octanol–water partition coefficient (Wildman–Crippen LogP) is 1.85. The van der Waals surface area contributed by atoms with E-state index in [4.69, 9.17) is 9.47 Å². The molecule has 3 rings (SSSR count). The summed E-state index contributed by atoms with van der Waals surface area (Å²) in [6.45, 7) is 10.3. The molecule has 0 aromatic rings. The molecule has 6 heteroatoms. The Morgan fingerprint density at radius 1 is 1.08 bits per heavy atom. The average Bonchev–Trinajstić information content (AvgIpc) is 3.17. The average molecular weight is 350 g/mol. The molecule has 25 heavy (non-hydrogen) atoms. The second-order valence-corrected chi connectivity index (χ2v) is 7.85. The fraction of sp³-hybridized carbons (Fsp3) is 0.684. The molecule has 5 atom stereocenters. The number of rotatable bonds is 5. The Hall–Kier alpha value is -1.66. The van der Waals surface area contributed by atoms with Gasteiger partial charge in [-0.3, -0.25) is 0 Å². The quantitative estimate of drug-likeness (QED) is 0.447. The van der Waals surface area contributed by atoms with Crippen molar-refractivity contribution in [1.29, 1.82) is 0 Å². The number of hydrogen-bond donors (Lipinski definition) is 2. The van der Waals surface area contributed by atoms with Crippen LogP contribution >= 0.6 is 0 Å². The largest absolute Gasteiger partial charge is 0.455 e. The maximum absolute atomic E-state index is 12.4. The number of fused-ring (bicyclic) bond motifs is 5. The first kappa shape index (κ1) is 18.1. The van der Waals surface area contributed by atoms with E-state index in [1.165, 1.54) is 0 Å². The molecule has 138 valence electrons. The van der Waals surface area contributed by atoms with Gasteiger partial charge in [0.1, 0.15) is 6.10 Å². The van der Waals surface area contributed by atoms with Crippen LogP contribution in [0.25, 0.3) is 0 Å². The molecule has 0 spiro atoms. The summed E-state index contributed by atoms with van der Waals surface area (Å²) in [6.07, 6.45) is 0.822. The van der Waals surface area contributed by atoms with Crippen molar-refractivity contribution < 1.29 is 29.3 Å². The molecule has 2 N–H and O–H groups in total.